The van der Waals surface area contributed by atoms with Crippen molar-refractivity contribution < 1.29 is 0 Å². The summed E-state index contributed by atoms with van der Waals surface area (Å²) in [5.41, 5.74) is 11.1. The number of aromatic nitrogens is 4. The number of hydrogen-bond acceptors (Lipinski definition) is 3. The first-order valence-corrected chi connectivity index (χ1v) is 22.2. The standard InChI is InChI=1S/C58H34N4S/c1-6-21-49-45(18-1)56(46-20-12-19-44-43-17-5-10-26-55(43)63-57(44)46)60-58(59-49)38-28-27-36-32-39(30-29-35(36)31-38)61-50-22-7-4-16-42(50)48-34-47-37(33-54(48)61)13-11-25-53(47)62-51-23-8-2-14-40(51)41-15-3-9-24-52(41)62/h1-34H. The van der Waals surface area contributed by atoms with Gasteiger partial charge in [0.1, 0.15) is 0 Å². The number of nitrogens with zero attached hydrogens (tertiary/aromatic N) is 4. The van der Waals surface area contributed by atoms with Gasteiger partial charge in [0.05, 0.1) is 39.0 Å². The van der Waals surface area contributed by atoms with E-state index in [1.54, 1.807) is 0 Å². The van der Waals surface area contributed by atoms with E-state index in [1.807, 2.05) is 11.3 Å². The predicted octanol–water partition coefficient (Wildman–Crippen LogP) is 15.8. The zero-order valence-electron chi connectivity index (χ0n) is 33.8. The lowest BCUT2D eigenvalue weighted by atomic mass is 10.0. The average Bonchev–Trinajstić information content (AvgIpc) is 4.00. The summed E-state index contributed by atoms with van der Waals surface area (Å²) >= 11 is 1.83. The highest BCUT2D eigenvalue weighted by molar-refractivity contribution is 7.26. The second kappa shape index (κ2) is 13.2. The Bertz CT molecular complexity index is 4170. The highest BCUT2D eigenvalue weighted by atomic mass is 32.1. The largest absolute Gasteiger partial charge is 0.309 e. The second-order valence-corrected chi connectivity index (χ2v) is 17.6. The molecule has 0 N–H and O–H groups in total. The Labute approximate surface area is 365 Å². The van der Waals surface area contributed by atoms with E-state index in [0.29, 0.717) is 0 Å². The van der Waals surface area contributed by atoms with Gasteiger partial charge in [-0.1, -0.05) is 140 Å². The number of hydrogen-bond donors (Lipinski definition) is 0. The maximum Gasteiger partial charge on any atom is 0.160 e. The van der Waals surface area contributed by atoms with Gasteiger partial charge in [-0.15, -0.1) is 11.3 Å². The van der Waals surface area contributed by atoms with Crippen molar-refractivity contribution in [2.45, 2.75) is 0 Å². The Kier molecular flexibility index (Phi) is 7.24. The van der Waals surface area contributed by atoms with Crippen molar-refractivity contribution in [2.24, 2.45) is 0 Å². The van der Waals surface area contributed by atoms with Gasteiger partial charge in [-0.2, -0.15) is 0 Å². The molecule has 0 aliphatic rings. The van der Waals surface area contributed by atoms with Crippen molar-refractivity contribution in [2.75, 3.05) is 0 Å². The number of benzene rings is 10. The smallest absolute Gasteiger partial charge is 0.160 e. The molecule has 0 saturated carbocycles. The fraction of sp³-hybridized carbons (Fsp3) is 0. The SMILES string of the molecule is c1cc(-n2c3ccccc3c3ccccc32)c2cc3c4ccccc4n(-c4ccc5cc(-c6nc(-c7cccc8c7sc7ccccc78)c7ccccc7n6)ccc5c4)c3cc2c1. The molecule has 0 aliphatic carbocycles. The maximum absolute atomic E-state index is 5.36. The normalized spacial score (nSPS) is 12.1. The fourth-order valence-corrected chi connectivity index (χ4v) is 11.5. The summed E-state index contributed by atoms with van der Waals surface area (Å²) in [6.07, 6.45) is 0. The monoisotopic (exact) mass is 818 g/mol. The number of rotatable bonds is 4. The molecule has 5 heteroatoms. The summed E-state index contributed by atoms with van der Waals surface area (Å²) in [5.74, 6) is 0.724. The molecule has 63 heavy (non-hydrogen) atoms. The van der Waals surface area contributed by atoms with Crippen molar-refractivity contribution >= 4 is 108 Å². The lowest BCUT2D eigenvalue weighted by Crippen LogP contribution is -1.97. The molecule has 4 aromatic heterocycles. The molecule has 292 valence electrons. The molecule has 14 rings (SSSR count). The van der Waals surface area contributed by atoms with Crippen LogP contribution in [0.3, 0.4) is 0 Å². The summed E-state index contributed by atoms with van der Waals surface area (Å²) in [7, 11) is 0. The summed E-state index contributed by atoms with van der Waals surface area (Å²) in [6, 6.07) is 74.9. The van der Waals surface area contributed by atoms with E-state index >= 15 is 0 Å². The van der Waals surface area contributed by atoms with Crippen LogP contribution >= 0.6 is 11.3 Å². The van der Waals surface area contributed by atoms with E-state index < -0.39 is 0 Å². The van der Waals surface area contributed by atoms with Crippen LogP contribution in [0, 0.1) is 0 Å². The molecule has 0 amide bonds. The van der Waals surface area contributed by atoms with Gasteiger partial charge < -0.3 is 9.13 Å². The number of thiophene rings is 1. The van der Waals surface area contributed by atoms with E-state index in [9.17, 15) is 0 Å². The minimum Gasteiger partial charge on any atom is -0.309 e. The average molecular weight is 819 g/mol. The predicted molar refractivity (Wildman–Crippen MR) is 267 cm³/mol. The van der Waals surface area contributed by atoms with E-state index in [2.05, 4.69) is 215 Å². The molecule has 4 heterocycles. The Morgan fingerprint density at radius 1 is 0.365 bits per heavy atom. The van der Waals surface area contributed by atoms with Crippen LogP contribution in [0.25, 0.3) is 130 Å². The quantitative estimate of drug-likeness (QED) is 0.177. The molecule has 0 radical (unpaired) electrons. The van der Waals surface area contributed by atoms with E-state index in [4.69, 9.17) is 9.97 Å². The van der Waals surface area contributed by atoms with Gasteiger partial charge in [0.25, 0.3) is 0 Å². The maximum atomic E-state index is 5.36. The molecule has 4 nitrogen and oxygen atoms in total. The third-order valence-electron chi connectivity index (χ3n) is 13.1. The van der Waals surface area contributed by atoms with Gasteiger partial charge in [-0.05, 0) is 82.9 Å². The van der Waals surface area contributed by atoms with Crippen LogP contribution in [0.1, 0.15) is 0 Å². The summed E-state index contributed by atoms with van der Waals surface area (Å²) in [6.45, 7) is 0. The molecule has 0 unspecified atom stereocenters. The molecule has 0 aliphatic heterocycles. The third-order valence-corrected chi connectivity index (χ3v) is 14.3. The van der Waals surface area contributed by atoms with Crippen molar-refractivity contribution in [3.8, 4) is 34.0 Å². The molecule has 0 fully saturated rings. The third kappa shape index (κ3) is 5.08. The van der Waals surface area contributed by atoms with Crippen LogP contribution in [0.4, 0.5) is 0 Å². The van der Waals surface area contributed by atoms with Gasteiger partial charge in [0.2, 0.25) is 0 Å². The second-order valence-electron chi connectivity index (χ2n) is 16.5. The molecular formula is C58H34N4S. The zero-order valence-corrected chi connectivity index (χ0v) is 34.6. The van der Waals surface area contributed by atoms with Gasteiger partial charge in [-0.3, -0.25) is 0 Å². The van der Waals surface area contributed by atoms with Crippen LogP contribution < -0.4 is 0 Å². The molecule has 0 spiro atoms. The van der Waals surface area contributed by atoms with E-state index in [-0.39, 0.29) is 0 Å². The van der Waals surface area contributed by atoms with Crippen LogP contribution in [0.15, 0.2) is 206 Å². The molecule has 0 atom stereocenters. The van der Waals surface area contributed by atoms with Crippen LogP contribution in [0.5, 0.6) is 0 Å². The van der Waals surface area contributed by atoms with E-state index in [1.165, 1.54) is 80.2 Å². The lowest BCUT2D eigenvalue weighted by Gasteiger charge is -2.13. The van der Waals surface area contributed by atoms with Gasteiger partial charge in [0.15, 0.2) is 5.82 Å². The Balaban J connectivity index is 0.914. The lowest BCUT2D eigenvalue weighted by molar-refractivity contribution is 1.18. The van der Waals surface area contributed by atoms with Gasteiger partial charge in [-0.25, -0.2) is 9.97 Å². The zero-order chi connectivity index (χ0) is 41.2. The number of fused-ring (bicyclic) bond motifs is 12. The molecule has 10 aromatic carbocycles. The molecule has 0 bridgehead atoms. The first-order valence-electron chi connectivity index (χ1n) is 21.4. The number of para-hydroxylation sites is 4. The van der Waals surface area contributed by atoms with Crippen LogP contribution in [-0.2, 0) is 0 Å². The first-order chi connectivity index (χ1) is 31.2. The van der Waals surface area contributed by atoms with Crippen molar-refractivity contribution in [3.05, 3.63) is 206 Å². The van der Waals surface area contributed by atoms with Crippen molar-refractivity contribution in [3.63, 3.8) is 0 Å². The summed E-state index contributed by atoms with van der Waals surface area (Å²) in [5, 5.41) is 13.3. The Morgan fingerprint density at radius 3 is 1.81 bits per heavy atom. The van der Waals surface area contributed by atoms with Crippen LogP contribution in [0.2, 0.25) is 0 Å². The van der Waals surface area contributed by atoms with E-state index in [0.717, 1.165) is 50.0 Å². The van der Waals surface area contributed by atoms with Crippen molar-refractivity contribution in [1.29, 1.82) is 0 Å². The topological polar surface area (TPSA) is 35.6 Å². The van der Waals surface area contributed by atoms with Crippen molar-refractivity contribution in [1.82, 2.24) is 19.1 Å². The summed E-state index contributed by atoms with van der Waals surface area (Å²) in [4.78, 5) is 10.5. The highest BCUT2D eigenvalue weighted by Crippen LogP contribution is 2.43. The summed E-state index contributed by atoms with van der Waals surface area (Å²) < 4.78 is 7.40. The Morgan fingerprint density at radius 2 is 1.00 bits per heavy atom. The fourth-order valence-electron chi connectivity index (χ4n) is 10.2. The van der Waals surface area contributed by atoms with Crippen LogP contribution in [-0.4, -0.2) is 19.1 Å². The minimum atomic E-state index is 0.724. The molecular weight excluding hydrogens is 785 g/mol. The minimum absolute atomic E-state index is 0.724. The molecule has 14 aromatic rings. The Hall–Kier alpha value is -8.12. The van der Waals surface area contributed by atoms with Gasteiger partial charge >= 0.3 is 0 Å². The molecule has 0 saturated heterocycles. The first kappa shape index (κ1) is 34.6. The highest BCUT2D eigenvalue weighted by Gasteiger charge is 2.19. The van der Waals surface area contributed by atoms with Gasteiger partial charge in [0, 0.05) is 69.3 Å².